The predicted molar refractivity (Wildman–Crippen MR) is 38.0 cm³/mol. The van der Waals surface area contributed by atoms with Gasteiger partial charge >= 0.3 is 0 Å². The molecule has 0 aliphatic carbocycles. The molecule has 0 aromatic carbocycles. The highest BCUT2D eigenvalue weighted by atomic mass is 32.2. The average Bonchev–Trinajstić information content (AvgIpc) is 2.13. The molecule has 10 heavy (non-hydrogen) atoms. The fourth-order valence-electron chi connectivity index (χ4n) is 0.855. The first-order valence-electron chi connectivity index (χ1n) is 3.13. The van der Waals surface area contributed by atoms with Gasteiger partial charge in [-0.1, -0.05) is 11.9 Å². The van der Waals surface area contributed by atoms with Gasteiger partial charge in [0, 0.05) is 18.7 Å². The molecule has 0 atom stereocenters. The quantitative estimate of drug-likeness (QED) is 0.361. The van der Waals surface area contributed by atoms with Crippen LogP contribution in [0.3, 0.4) is 0 Å². The Labute approximate surface area is 63.6 Å². The van der Waals surface area contributed by atoms with E-state index in [9.17, 15) is 0 Å². The monoisotopic (exact) mass is 165 g/mol. The topological polar surface area (TPSA) is 63.9 Å². The van der Waals surface area contributed by atoms with Crippen molar-refractivity contribution in [1.29, 1.82) is 0 Å². The lowest BCUT2D eigenvalue weighted by Gasteiger charge is -2.25. The molecule has 5 heteroatoms. The normalized spacial score (nSPS) is 25.5. The molecule has 3 N–H and O–H groups in total. The lowest BCUT2D eigenvalue weighted by molar-refractivity contribution is -0.224. The Hall–Kier alpha value is 0.190. The third-order valence-electron chi connectivity index (χ3n) is 1.39. The molecule has 4 nitrogen and oxygen atoms in total. The minimum atomic E-state index is -1.70. The highest BCUT2D eigenvalue weighted by Crippen LogP contribution is 2.31. The number of β-amino-alcohol motifs (C(OH)–C–C–N with tert-alkyl or cyclic N) is 1. The van der Waals surface area contributed by atoms with Gasteiger partial charge in [0.1, 0.15) is 0 Å². The fraction of sp³-hybridized carbons (Fsp3) is 1.00. The molecule has 0 bridgehead atoms. The standard InChI is InChI=1S/C5H11NO3S/c7-3-2-6-5(8,9)1-4-10-6/h7-9H,1-4H2. The summed E-state index contributed by atoms with van der Waals surface area (Å²) in [6.45, 7) is 0.257. The van der Waals surface area contributed by atoms with Gasteiger partial charge in [0.15, 0.2) is 0 Å². The maximum atomic E-state index is 9.13. The van der Waals surface area contributed by atoms with Gasteiger partial charge in [0.25, 0.3) is 0 Å². The maximum absolute atomic E-state index is 9.13. The molecular weight excluding hydrogens is 154 g/mol. The van der Waals surface area contributed by atoms with Crippen molar-refractivity contribution in [2.24, 2.45) is 0 Å². The summed E-state index contributed by atoms with van der Waals surface area (Å²) >= 11 is 1.35. The zero-order valence-electron chi connectivity index (χ0n) is 5.53. The van der Waals surface area contributed by atoms with Gasteiger partial charge in [0.2, 0.25) is 5.91 Å². The predicted octanol–water partition coefficient (Wildman–Crippen LogP) is -1.03. The summed E-state index contributed by atoms with van der Waals surface area (Å²) in [7, 11) is 0. The van der Waals surface area contributed by atoms with Crippen molar-refractivity contribution in [2.75, 3.05) is 18.9 Å². The summed E-state index contributed by atoms with van der Waals surface area (Å²) in [5.74, 6) is -1.000. The molecule has 0 unspecified atom stereocenters. The van der Waals surface area contributed by atoms with Gasteiger partial charge < -0.3 is 15.3 Å². The van der Waals surface area contributed by atoms with Crippen LogP contribution in [-0.4, -0.2) is 44.4 Å². The molecule has 0 spiro atoms. The Balaban J connectivity index is 2.43. The Kier molecular flexibility index (Phi) is 2.54. The van der Waals surface area contributed by atoms with Crippen molar-refractivity contribution in [3.63, 3.8) is 0 Å². The summed E-state index contributed by atoms with van der Waals surface area (Å²) in [6, 6.07) is 0. The van der Waals surface area contributed by atoms with Gasteiger partial charge in [-0.2, -0.15) is 4.31 Å². The lowest BCUT2D eigenvalue weighted by atomic mass is 10.3. The second-order valence-corrected chi connectivity index (χ2v) is 3.29. The average molecular weight is 165 g/mol. The first-order chi connectivity index (χ1) is 4.67. The number of rotatable bonds is 2. The molecule has 0 saturated carbocycles. The Morgan fingerprint density at radius 2 is 2.20 bits per heavy atom. The van der Waals surface area contributed by atoms with Crippen molar-refractivity contribution in [3.8, 4) is 0 Å². The van der Waals surface area contributed by atoms with E-state index >= 15 is 0 Å². The first kappa shape index (κ1) is 8.29. The molecule has 0 amide bonds. The Bertz CT molecular complexity index is 119. The van der Waals surface area contributed by atoms with Crippen LogP contribution in [-0.2, 0) is 0 Å². The third-order valence-corrected chi connectivity index (χ3v) is 2.56. The van der Waals surface area contributed by atoms with Crippen molar-refractivity contribution < 1.29 is 15.3 Å². The van der Waals surface area contributed by atoms with Gasteiger partial charge in [-0.15, -0.1) is 0 Å². The second-order valence-electron chi connectivity index (χ2n) is 2.18. The zero-order valence-corrected chi connectivity index (χ0v) is 6.34. The van der Waals surface area contributed by atoms with Crippen LogP contribution in [0.15, 0.2) is 0 Å². The Morgan fingerprint density at radius 1 is 1.50 bits per heavy atom. The molecule has 0 aromatic heterocycles. The van der Waals surface area contributed by atoms with Crippen molar-refractivity contribution in [1.82, 2.24) is 4.31 Å². The maximum Gasteiger partial charge on any atom is 0.235 e. The number of aliphatic hydroxyl groups excluding tert-OH is 1. The highest BCUT2D eigenvalue weighted by molar-refractivity contribution is 7.97. The number of hydrogen-bond donors (Lipinski definition) is 3. The van der Waals surface area contributed by atoms with E-state index in [1.807, 2.05) is 0 Å². The van der Waals surface area contributed by atoms with E-state index in [0.717, 1.165) is 0 Å². The van der Waals surface area contributed by atoms with Crippen LogP contribution in [0.2, 0.25) is 0 Å². The summed E-state index contributed by atoms with van der Waals surface area (Å²) in [5.41, 5.74) is 0. The van der Waals surface area contributed by atoms with Crippen molar-refractivity contribution in [3.05, 3.63) is 0 Å². The van der Waals surface area contributed by atoms with Gasteiger partial charge in [-0.05, 0) is 0 Å². The third kappa shape index (κ3) is 1.62. The lowest BCUT2D eigenvalue weighted by Crippen LogP contribution is -2.41. The van der Waals surface area contributed by atoms with E-state index < -0.39 is 5.91 Å². The molecular formula is C5H11NO3S. The van der Waals surface area contributed by atoms with Crippen LogP contribution in [0, 0.1) is 0 Å². The molecule has 0 radical (unpaired) electrons. The summed E-state index contributed by atoms with van der Waals surface area (Å²) in [4.78, 5) is 0. The van der Waals surface area contributed by atoms with E-state index in [0.29, 0.717) is 18.7 Å². The van der Waals surface area contributed by atoms with Gasteiger partial charge in [-0.25, -0.2) is 0 Å². The van der Waals surface area contributed by atoms with E-state index in [2.05, 4.69) is 0 Å². The Morgan fingerprint density at radius 3 is 2.60 bits per heavy atom. The van der Waals surface area contributed by atoms with Crippen LogP contribution in [0.1, 0.15) is 6.42 Å². The largest absolute Gasteiger partial charge is 0.395 e. The molecule has 1 saturated heterocycles. The molecule has 60 valence electrons. The van der Waals surface area contributed by atoms with E-state index in [4.69, 9.17) is 15.3 Å². The van der Waals surface area contributed by atoms with Crippen LogP contribution in [0.4, 0.5) is 0 Å². The number of nitrogens with zero attached hydrogens (tertiary/aromatic N) is 1. The van der Waals surface area contributed by atoms with E-state index in [-0.39, 0.29) is 6.61 Å². The van der Waals surface area contributed by atoms with Gasteiger partial charge in [0.05, 0.1) is 6.61 Å². The van der Waals surface area contributed by atoms with Gasteiger partial charge in [-0.3, -0.25) is 0 Å². The smallest absolute Gasteiger partial charge is 0.235 e. The van der Waals surface area contributed by atoms with Crippen LogP contribution in [0.5, 0.6) is 0 Å². The second kappa shape index (κ2) is 3.06. The molecule has 1 fully saturated rings. The molecule has 0 aromatic rings. The summed E-state index contributed by atoms with van der Waals surface area (Å²) in [5, 5.41) is 26.8. The SMILES string of the molecule is OCCN1SCCC1(O)O. The molecule has 1 heterocycles. The van der Waals surface area contributed by atoms with Crippen molar-refractivity contribution >= 4 is 11.9 Å². The minimum absolute atomic E-state index is 0.0458. The fourth-order valence-corrected chi connectivity index (χ4v) is 1.95. The minimum Gasteiger partial charge on any atom is -0.395 e. The van der Waals surface area contributed by atoms with Crippen molar-refractivity contribution in [2.45, 2.75) is 12.3 Å². The number of aliphatic hydroxyl groups is 3. The van der Waals surface area contributed by atoms with Crippen LogP contribution >= 0.6 is 11.9 Å². The molecule has 1 rings (SSSR count). The number of hydrogen-bond acceptors (Lipinski definition) is 5. The van der Waals surface area contributed by atoms with Crippen LogP contribution < -0.4 is 0 Å². The van der Waals surface area contributed by atoms with Crippen LogP contribution in [0.25, 0.3) is 0 Å². The molecule has 1 aliphatic rings. The van der Waals surface area contributed by atoms with E-state index in [1.165, 1.54) is 16.3 Å². The highest BCUT2D eigenvalue weighted by Gasteiger charge is 2.37. The molecule has 1 aliphatic heterocycles. The first-order valence-corrected chi connectivity index (χ1v) is 4.07. The van der Waals surface area contributed by atoms with E-state index in [1.54, 1.807) is 0 Å². The zero-order chi connectivity index (χ0) is 7.61. The summed E-state index contributed by atoms with van der Waals surface area (Å²) < 4.78 is 1.38. The summed E-state index contributed by atoms with van der Waals surface area (Å²) in [6.07, 6.45) is 0.345.